The zero-order chi connectivity index (χ0) is 14.4. The van der Waals surface area contributed by atoms with Crippen LogP contribution in [0, 0.1) is 36.3 Å². The molecule has 0 saturated carbocycles. The molecule has 0 spiro atoms. The van der Waals surface area contributed by atoms with Crippen molar-refractivity contribution in [2.24, 2.45) is 0 Å². The van der Waals surface area contributed by atoms with Gasteiger partial charge in [0.25, 0.3) is 0 Å². The molecule has 1 aromatic heterocycles. The number of hydrogen-bond donors (Lipinski definition) is 2. The van der Waals surface area contributed by atoms with Crippen molar-refractivity contribution in [3.05, 3.63) is 21.5 Å². The lowest BCUT2D eigenvalue weighted by Gasteiger charge is -2.12. The predicted molar refractivity (Wildman–Crippen MR) is 70.7 cm³/mol. The molecule has 0 fully saturated rings. The Balaban J connectivity index is 2.60. The van der Waals surface area contributed by atoms with Crippen molar-refractivity contribution in [2.75, 3.05) is 13.1 Å². The highest BCUT2D eigenvalue weighted by molar-refractivity contribution is 5.39. The Morgan fingerprint density at radius 1 is 1.63 bits per heavy atom. The maximum Gasteiger partial charge on any atom is 0.312 e. The number of nitrogens with one attached hydrogen (secondary N) is 1. The summed E-state index contributed by atoms with van der Waals surface area (Å²) >= 11 is 0. The summed E-state index contributed by atoms with van der Waals surface area (Å²) in [4.78, 5) is 10.4. The first-order valence-electron chi connectivity index (χ1n) is 5.98. The van der Waals surface area contributed by atoms with Gasteiger partial charge >= 0.3 is 5.69 Å². The highest BCUT2D eigenvalue weighted by atomic mass is 16.6. The van der Waals surface area contributed by atoms with Gasteiger partial charge < -0.3 is 10.4 Å². The topological polar surface area (TPSA) is 93.2 Å². The number of aryl methyl sites for hydroxylation is 1. The van der Waals surface area contributed by atoms with E-state index in [4.69, 9.17) is 6.42 Å². The first kappa shape index (κ1) is 15.1. The van der Waals surface area contributed by atoms with Gasteiger partial charge in [0.2, 0.25) is 0 Å². The van der Waals surface area contributed by atoms with Gasteiger partial charge in [-0.3, -0.25) is 14.8 Å². The Labute approximate surface area is 111 Å². The fourth-order valence-electron chi connectivity index (χ4n) is 1.82. The SMILES string of the molecule is C#CCCNCC(O)Cn1nc(C)c([N+](=O)[O-])c1C. The molecule has 0 amide bonds. The number of terminal acetylenes is 1. The minimum Gasteiger partial charge on any atom is -0.390 e. The summed E-state index contributed by atoms with van der Waals surface area (Å²) in [6.45, 7) is 4.41. The van der Waals surface area contributed by atoms with E-state index in [9.17, 15) is 15.2 Å². The average Bonchev–Trinajstić information content (AvgIpc) is 2.60. The molecule has 1 aromatic rings. The largest absolute Gasteiger partial charge is 0.390 e. The summed E-state index contributed by atoms with van der Waals surface area (Å²) in [7, 11) is 0. The molecule has 0 aliphatic carbocycles. The van der Waals surface area contributed by atoms with Gasteiger partial charge in [-0.25, -0.2) is 0 Å². The van der Waals surface area contributed by atoms with Crippen LogP contribution in [0.3, 0.4) is 0 Å². The molecule has 7 nitrogen and oxygen atoms in total. The Morgan fingerprint density at radius 3 is 2.84 bits per heavy atom. The zero-order valence-electron chi connectivity index (χ0n) is 11.1. The molecule has 7 heteroatoms. The molecule has 0 aliphatic rings. The van der Waals surface area contributed by atoms with Crippen molar-refractivity contribution in [3.63, 3.8) is 0 Å². The van der Waals surface area contributed by atoms with Gasteiger partial charge in [-0.2, -0.15) is 5.10 Å². The third-order valence-corrected chi connectivity index (χ3v) is 2.74. The van der Waals surface area contributed by atoms with E-state index < -0.39 is 11.0 Å². The van der Waals surface area contributed by atoms with E-state index >= 15 is 0 Å². The molecular weight excluding hydrogens is 248 g/mol. The zero-order valence-corrected chi connectivity index (χ0v) is 11.1. The number of aliphatic hydroxyl groups excluding tert-OH is 1. The molecule has 0 aliphatic heterocycles. The van der Waals surface area contributed by atoms with Gasteiger partial charge in [0.05, 0.1) is 17.6 Å². The summed E-state index contributed by atoms with van der Waals surface area (Å²) in [6, 6.07) is 0. The highest BCUT2D eigenvalue weighted by Gasteiger charge is 2.22. The van der Waals surface area contributed by atoms with E-state index in [1.54, 1.807) is 13.8 Å². The lowest BCUT2D eigenvalue weighted by atomic mass is 10.3. The number of nitrogens with zero attached hydrogens (tertiary/aromatic N) is 3. The van der Waals surface area contributed by atoms with Crippen LogP contribution in [0.15, 0.2) is 0 Å². The maximum atomic E-state index is 10.8. The number of nitro groups is 1. The van der Waals surface area contributed by atoms with Crippen molar-refractivity contribution in [1.82, 2.24) is 15.1 Å². The lowest BCUT2D eigenvalue weighted by molar-refractivity contribution is -0.386. The van der Waals surface area contributed by atoms with Crippen LogP contribution < -0.4 is 5.32 Å². The molecule has 0 aromatic carbocycles. The minimum atomic E-state index is -0.671. The predicted octanol–water partition coefficient (Wildman–Crippen LogP) is 0.382. The fraction of sp³-hybridized carbons (Fsp3) is 0.583. The molecule has 1 heterocycles. The molecule has 0 saturated heterocycles. The number of aromatic nitrogens is 2. The van der Waals surface area contributed by atoms with Crippen molar-refractivity contribution in [3.8, 4) is 12.3 Å². The second-order valence-corrected chi connectivity index (χ2v) is 4.27. The lowest BCUT2D eigenvalue weighted by Crippen LogP contribution is -2.31. The van der Waals surface area contributed by atoms with Crippen molar-refractivity contribution >= 4 is 5.69 Å². The average molecular weight is 266 g/mol. The number of hydrogen-bond acceptors (Lipinski definition) is 5. The van der Waals surface area contributed by atoms with E-state index in [0.29, 0.717) is 30.9 Å². The van der Waals surface area contributed by atoms with E-state index in [1.807, 2.05) is 0 Å². The van der Waals surface area contributed by atoms with Gasteiger partial charge in [-0.05, 0) is 13.8 Å². The Hall–Kier alpha value is -1.91. The van der Waals surface area contributed by atoms with Crippen LogP contribution in [0.2, 0.25) is 0 Å². The molecule has 1 unspecified atom stereocenters. The Kier molecular flexibility index (Phi) is 5.48. The van der Waals surface area contributed by atoms with Crippen LogP contribution in [0.4, 0.5) is 5.69 Å². The van der Waals surface area contributed by atoms with Crippen LogP contribution in [-0.4, -0.2) is 39.0 Å². The molecule has 0 bridgehead atoms. The number of rotatable bonds is 7. The first-order valence-corrected chi connectivity index (χ1v) is 5.98. The molecule has 104 valence electrons. The standard InChI is InChI=1S/C12H18N4O3/c1-4-5-6-13-7-11(17)8-15-10(3)12(16(18)19)9(2)14-15/h1,11,13,17H,5-8H2,2-3H3. The van der Waals surface area contributed by atoms with Crippen LogP contribution in [0.5, 0.6) is 0 Å². The second-order valence-electron chi connectivity index (χ2n) is 4.27. The first-order chi connectivity index (χ1) is 8.97. The van der Waals surface area contributed by atoms with E-state index in [0.717, 1.165) is 0 Å². The van der Waals surface area contributed by atoms with Crippen molar-refractivity contribution in [1.29, 1.82) is 0 Å². The van der Waals surface area contributed by atoms with E-state index in [1.165, 1.54) is 4.68 Å². The Morgan fingerprint density at radius 2 is 2.32 bits per heavy atom. The molecule has 0 radical (unpaired) electrons. The monoisotopic (exact) mass is 266 g/mol. The second kappa shape index (κ2) is 6.87. The summed E-state index contributed by atoms with van der Waals surface area (Å²) in [6.07, 6.45) is 5.03. The third kappa shape index (κ3) is 4.05. The van der Waals surface area contributed by atoms with Crippen molar-refractivity contribution in [2.45, 2.75) is 32.9 Å². The smallest absolute Gasteiger partial charge is 0.312 e. The molecule has 2 N–H and O–H groups in total. The summed E-state index contributed by atoms with van der Waals surface area (Å²) < 4.78 is 1.46. The van der Waals surface area contributed by atoms with Gasteiger partial charge in [0, 0.05) is 19.5 Å². The molecular formula is C12H18N4O3. The molecule has 1 atom stereocenters. The van der Waals surface area contributed by atoms with Gasteiger partial charge in [-0.15, -0.1) is 12.3 Å². The summed E-state index contributed by atoms with van der Waals surface area (Å²) in [5, 5.41) is 27.7. The van der Waals surface area contributed by atoms with Gasteiger partial charge in [0.15, 0.2) is 0 Å². The fourth-order valence-corrected chi connectivity index (χ4v) is 1.82. The quantitative estimate of drug-likeness (QED) is 0.322. The van der Waals surface area contributed by atoms with Crippen molar-refractivity contribution < 1.29 is 10.0 Å². The normalized spacial score (nSPS) is 12.1. The van der Waals surface area contributed by atoms with Gasteiger partial charge in [-0.1, -0.05) is 0 Å². The van der Waals surface area contributed by atoms with Crippen LogP contribution in [0.1, 0.15) is 17.8 Å². The molecule has 1 rings (SSSR count). The maximum absolute atomic E-state index is 10.8. The Bertz CT molecular complexity index is 490. The van der Waals surface area contributed by atoms with E-state index in [-0.39, 0.29) is 12.2 Å². The van der Waals surface area contributed by atoms with Gasteiger partial charge in [0.1, 0.15) is 11.4 Å². The third-order valence-electron chi connectivity index (χ3n) is 2.74. The molecule has 19 heavy (non-hydrogen) atoms. The van der Waals surface area contributed by atoms with E-state index in [2.05, 4.69) is 16.3 Å². The van der Waals surface area contributed by atoms with Crippen LogP contribution in [0.25, 0.3) is 0 Å². The van der Waals surface area contributed by atoms with Crippen LogP contribution >= 0.6 is 0 Å². The van der Waals surface area contributed by atoms with Crippen LogP contribution in [-0.2, 0) is 6.54 Å². The summed E-state index contributed by atoms with van der Waals surface area (Å²) in [5.41, 5.74) is 0.813. The number of aliphatic hydroxyl groups is 1. The highest BCUT2D eigenvalue weighted by Crippen LogP contribution is 2.21. The summed E-state index contributed by atoms with van der Waals surface area (Å²) in [5.74, 6) is 2.49. The minimum absolute atomic E-state index is 0.00694.